The second kappa shape index (κ2) is 11.1. The van der Waals surface area contributed by atoms with Gasteiger partial charge in [-0.2, -0.15) is 0 Å². The summed E-state index contributed by atoms with van der Waals surface area (Å²) < 4.78 is 11.0. The largest absolute Gasteiger partial charge is 0.417 e. The van der Waals surface area contributed by atoms with Gasteiger partial charge in [0.2, 0.25) is 0 Å². The van der Waals surface area contributed by atoms with E-state index in [2.05, 4.69) is 49.5 Å². The molecule has 0 aliphatic carbocycles. The number of nitrogens with one attached hydrogen (secondary N) is 1. The Kier molecular flexibility index (Phi) is 8.24. The highest BCUT2D eigenvalue weighted by molar-refractivity contribution is 5.89. The number of terminal acetylenes is 1. The lowest BCUT2D eigenvalue weighted by atomic mass is 9.93. The normalized spacial score (nSPS) is 13.3. The molecule has 5 heteroatoms. The molecule has 0 aliphatic rings. The minimum Gasteiger partial charge on any atom is -0.417 e. The van der Waals surface area contributed by atoms with Crippen LogP contribution in [0.15, 0.2) is 66.7 Å². The highest BCUT2D eigenvalue weighted by atomic mass is 16.5. The number of fused-ring (bicyclic) bond motifs is 1. The zero-order valence-corrected chi connectivity index (χ0v) is 19.4. The van der Waals surface area contributed by atoms with Gasteiger partial charge >= 0.3 is 5.97 Å². The topological polar surface area (TPSA) is 67.8 Å². The molecule has 0 heterocycles. The monoisotopic (exact) mass is 445 g/mol. The van der Waals surface area contributed by atoms with Crippen molar-refractivity contribution in [2.24, 2.45) is 0 Å². The molecule has 33 heavy (non-hydrogen) atoms. The Bertz CT molecular complexity index is 1130. The van der Waals surface area contributed by atoms with Crippen LogP contribution in [-0.2, 0) is 16.0 Å². The maximum atomic E-state index is 11.4. The van der Waals surface area contributed by atoms with Crippen molar-refractivity contribution in [3.05, 3.63) is 77.9 Å². The van der Waals surface area contributed by atoms with Gasteiger partial charge in [-0.15, -0.1) is 6.42 Å². The van der Waals surface area contributed by atoms with Crippen LogP contribution in [0.2, 0.25) is 0 Å². The molecule has 0 aliphatic heterocycles. The summed E-state index contributed by atoms with van der Waals surface area (Å²) in [6, 6.07) is 21.9. The van der Waals surface area contributed by atoms with Gasteiger partial charge in [-0.3, -0.25) is 0 Å². The van der Waals surface area contributed by atoms with Gasteiger partial charge in [0.15, 0.2) is 0 Å². The lowest BCUT2D eigenvalue weighted by molar-refractivity contribution is -0.128. The summed E-state index contributed by atoms with van der Waals surface area (Å²) in [4.78, 5) is 11.4. The Labute approximate surface area is 195 Å². The minimum absolute atomic E-state index is 0.137. The average molecular weight is 446 g/mol. The molecule has 1 unspecified atom stereocenters. The van der Waals surface area contributed by atoms with Gasteiger partial charge in [0, 0.05) is 23.6 Å². The van der Waals surface area contributed by atoms with E-state index in [9.17, 15) is 9.90 Å². The van der Waals surface area contributed by atoms with Crippen molar-refractivity contribution in [2.45, 2.75) is 44.9 Å². The molecule has 3 aromatic carbocycles. The summed E-state index contributed by atoms with van der Waals surface area (Å²) in [5, 5.41) is 16.4. The van der Waals surface area contributed by atoms with Gasteiger partial charge in [0.05, 0.1) is 18.8 Å². The Hall–Kier alpha value is -3.17. The Morgan fingerprint density at radius 1 is 1.09 bits per heavy atom. The molecule has 5 nitrogen and oxygen atoms in total. The predicted octanol–water partition coefficient (Wildman–Crippen LogP) is 4.43. The number of β-amino-alcohol motifs (C(OH)–C–C–N with tert-alkyl or cyclic N) is 1. The highest BCUT2D eigenvalue weighted by Gasteiger charge is 2.21. The smallest absolute Gasteiger partial charge is 0.389 e. The number of hydrogen-bond acceptors (Lipinski definition) is 5. The molecular formula is C28H31NO4. The number of ether oxygens (including phenoxy) is 2. The van der Waals surface area contributed by atoms with Crippen LogP contribution in [0, 0.1) is 12.3 Å². The number of rotatable bonds is 10. The molecule has 0 fully saturated rings. The predicted molar refractivity (Wildman–Crippen MR) is 131 cm³/mol. The zero-order valence-electron chi connectivity index (χ0n) is 19.4. The van der Waals surface area contributed by atoms with Gasteiger partial charge in [-0.1, -0.05) is 60.7 Å². The van der Waals surface area contributed by atoms with Crippen LogP contribution in [-0.4, -0.2) is 35.9 Å². The zero-order chi connectivity index (χ0) is 23.8. The van der Waals surface area contributed by atoms with Crippen molar-refractivity contribution < 1.29 is 19.4 Å². The molecule has 0 saturated heterocycles. The van der Waals surface area contributed by atoms with Crippen LogP contribution in [0.5, 0.6) is 5.75 Å². The van der Waals surface area contributed by atoms with Crippen molar-refractivity contribution in [2.75, 3.05) is 13.2 Å². The molecule has 0 aromatic heterocycles. The van der Waals surface area contributed by atoms with Crippen molar-refractivity contribution in [3.8, 4) is 18.1 Å². The number of esters is 1. The SMILES string of the molecule is C#CC(=O)Oc1ccccc1C(C)OC[C@H](O)CNC(C)(C)Cc1ccc2ccccc2c1. The van der Waals surface area contributed by atoms with Gasteiger partial charge in [0.1, 0.15) is 5.75 Å². The fourth-order valence-corrected chi connectivity index (χ4v) is 3.76. The first-order chi connectivity index (χ1) is 15.8. The van der Waals surface area contributed by atoms with E-state index in [1.807, 2.05) is 31.0 Å². The van der Waals surface area contributed by atoms with Gasteiger partial charge in [-0.05, 0) is 49.6 Å². The van der Waals surface area contributed by atoms with E-state index in [1.54, 1.807) is 18.2 Å². The number of carbonyl (C=O) groups is 1. The third-order valence-electron chi connectivity index (χ3n) is 5.49. The number of para-hydroxylation sites is 1. The number of carbonyl (C=O) groups excluding carboxylic acids is 1. The summed E-state index contributed by atoms with van der Waals surface area (Å²) in [7, 11) is 0. The molecule has 2 N–H and O–H groups in total. The van der Waals surface area contributed by atoms with Crippen LogP contribution >= 0.6 is 0 Å². The van der Waals surface area contributed by atoms with Crippen LogP contribution < -0.4 is 10.1 Å². The van der Waals surface area contributed by atoms with Crippen molar-refractivity contribution in [1.29, 1.82) is 0 Å². The summed E-state index contributed by atoms with van der Waals surface area (Å²) in [5.41, 5.74) is 1.73. The van der Waals surface area contributed by atoms with Crippen molar-refractivity contribution in [1.82, 2.24) is 5.32 Å². The van der Waals surface area contributed by atoms with E-state index in [0.29, 0.717) is 17.9 Å². The Morgan fingerprint density at radius 2 is 1.79 bits per heavy atom. The summed E-state index contributed by atoms with van der Waals surface area (Å²) in [6.07, 6.45) is 4.85. The van der Waals surface area contributed by atoms with Crippen molar-refractivity contribution in [3.63, 3.8) is 0 Å². The first-order valence-electron chi connectivity index (χ1n) is 11.1. The van der Waals surface area contributed by atoms with Gasteiger partial charge in [-0.25, -0.2) is 4.79 Å². The van der Waals surface area contributed by atoms with E-state index >= 15 is 0 Å². The Balaban J connectivity index is 1.50. The van der Waals surface area contributed by atoms with E-state index < -0.39 is 12.1 Å². The van der Waals surface area contributed by atoms with E-state index in [-0.39, 0.29) is 18.2 Å². The number of aliphatic hydroxyl groups is 1. The Morgan fingerprint density at radius 3 is 2.55 bits per heavy atom. The second-order valence-corrected chi connectivity index (χ2v) is 8.82. The van der Waals surface area contributed by atoms with Gasteiger partial charge in [0.25, 0.3) is 0 Å². The van der Waals surface area contributed by atoms with Crippen LogP contribution in [0.4, 0.5) is 0 Å². The molecule has 0 spiro atoms. The molecule has 0 saturated carbocycles. The fourth-order valence-electron chi connectivity index (χ4n) is 3.76. The third-order valence-corrected chi connectivity index (χ3v) is 5.49. The van der Waals surface area contributed by atoms with Gasteiger partial charge < -0.3 is 19.9 Å². The third kappa shape index (κ3) is 7.16. The lowest BCUT2D eigenvalue weighted by Gasteiger charge is -2.28. The maximum absolute atomic E-state index is 11.4. The molecule has 0 bridgehead atoms. The van der Waals surface area contributed by atoms with E-state index in [4.69, 9.17) is 15.9 Å². The summed E-state index contributed by atoms with van der Waals surface area (Å²) >= 11 is 0. The fraction of sp³-hybridized carbons (Fsp3) is 0.321. The number of benzene rings is 3. The molecule has 3 aromatic rings. The van der Waals surface area contributed by atoms with Crippen LogP contribution in [0.3, 0.4) is 0 Å². The molecular weight excluding hydrogens is 414 g/mol. The number of aliphatic hydroxyl groups excluding tert-OH is 1. The maximum Gasteiger partial charge on any atom is 0.389 e. The molecule has 0 radical (unpaired) electrons. The minimum atomic E-state index is -0.757. The molecule has 0 amide bonds. The van der Waals surface area contributed by atoms with Crippen LogP contribution in [0.1, 0.15) is 38.0 Å². The van der Waals surface area contributed by atoms with E-state index in [1.165, 1.54) is 16.3 Å². The van der Waals surface area contributed by atoms with Crippen LogP contribution in [0.25, 0.3) is 10.8 Å². The molecule has 172 valence electrons. The lowest BCUT2D eigenvalue weighted by Crippen LogP contribution is -2.46. The molecule has 3 rings (SSSR count). The standard InChI is InChI=1S/C28H31NO4/c1-5-27(31)33-26-13-9-8-12-25(26)20(2)32-19-24(30)18-29-28(3,4)17-21-14-15-22-10-6-7-11-23(22)16-21/h1,6-16,20,24,29-30H,17-19H2,2-4H3/t20?,24-/m1/s1. The highest BCUT2D eigenvalue weighted by Crippen LogP contribution is 2.27. The quantitative estimate of drug-likeness (QED) is 0.209. The molecule has 2 atom stereocenters. The average Bonchev–Trinajstić information content (AvgIpc) is 2.81. The first-order valence-corrected chi connectivity index (χ1v) is 11.1. The number of hydrogen-bond donors (Lipinski definition) is 2. The summed E-state index contributed by atoms with van der Waals surface area (Å²) in [5.74, 6) is 1.54. The summed E-state index contributed by atoms with van der Waals surface area (Å²) in [6.45, 7) is 6.61. The van der Waals surface area contributed by atoms with Crippen molar-refractivity contribution >= 4 is 16.7 Å². The second-order valence-electron chi connectivity index (χ2n) is 8.82. The van der Waals surface area contributed by atoms with E-state index in [0.717, 1.165) is 6.42 Å². The first kappa shape index (κ1) is 24.5.